The van der Waals surface area contributed by atoms with Crippen LogP contribution in [0.15, 0.2) is 0 Å². The SMILES string of the molecule is CCC(CBr)CCC(F)(F)Cl. The molecule has 0 fully saturated rings. The molecule has 1 unspecified atom stereocenters. The first-order valence-electron chi connectivity index (χ1n) is 3.62. The summed E-state index contributed by atoms with van der Waals surface area (Å²) in [4.78, 5) is 0. The lowest BCUT2D eigenvalue weighted by Gasteiger charge is -2.13. The van der Waals surface area contributed by atoms with Gasteiger partial charge in [0.15, 0.2) is 0 Å². The van der Waals surface area contributed by atoms with E-state index in [4.69, 9.17) is 11.6 Å². The third-order valence-electron chi connectivity index (χ3n) is 1.63. The fraction of sp³-hybridized carbons (Fsp3) is 1.00. The zero-order chi connectivity index (χ0) is 8.91. The maximum absolute atomic E-state index is 12.1. The quantitative estimate of drug-likeness (QED) is 0.646. The lowest BCUT2D eigenvalue weighted by molar-refractivity contribution is 0.0787. The molecule has 0 aliphatic carbocycles. The van der Waals surface area contributed by atoms with Gasteiger partial charge in [-0.2, -0.15) is 8.78 Å². The minimum absolute atomic E-state index is 0.224. The summed E-state index contributed by atoms with van der Waals surface area (Å²) in [6.07, 6.45) is 1.18. The summed E-state index contributed by atoms with van der Waals surface area (Å²) in [5, 5.41) is -2.24. The van der Waals surface area contributed by atoms with Gasteiger partial charge in [-0.3, -0.25) is 0 Å². The van der Waals surface area contributed by atoms with Gasteiger partial charge in [0.05, 0.1) is 0 Å². The molecule has 0 aromatic rings. The van der Waals surface area contributed by atoms with Crippen molar-refractivity contribution in [2.24, 2.45) is 5.92 Å². The molecule has 0 aromatic carbocycles. The molecule has 11 heavy (non-hydrogen) atoms. The second kappa shape index (κ2) is 5.31. The molecular formula is C7H12BrClF2. The monoisotopic (exact) mass is 248 g/mol. The predicted octanol–water partition coefficient (Wildman–Crippen LogP) is 4.02. The van der Waals surface area contributed by atoms with E-state index in [1.165, 1.54) is 0 Å². The summed E-state index contributed by atoms with van der Waals surface area (Å²) >= 11 is 8.00. The zero-order valence-corrected chi connectivity index (χ0v) is 8.76. The van der Waals surface area contributed by atoms with Crippen molar-refractivity contribution in [3.8, 4) is 0 Å². The fourth-order valence-corrected chi connectivity index (χ4v) is 1.65. The molecule has 0 amide bonds. The van der Waals surface area contributed by atoms with Crippen molar-refractivity contribution in [2.75, 3.05) is 5.33 Å². The highest BCUT2D eigenvalue weighted by atomic mass is 79.9. The van der Waals surface area contributed by atoms with Crippen LogP contribution in [0.4, 0.5) is 8.78 Å². The summed E-state index contributed by atoms with van der Waals surface area (Å²) in [6.45, 7) is 1.98. The fourth-order valence-electron chi connectivity index (χ4n) is 0.758. The van der Waals surface area contributed by atoms with Gasteiger partial charge in [-0.15, -0.1) is 0 Å². The van der Waals surface area contributed by atoms with Crippen LogP contribution in [-0.2, 0) is 0 Å². The molecule has 0 bridgehead atoms. The summed E-state index contributed by atoms with van der Waals surface area (Å²) < 4.78 is 24.2. The molecule has 0 nitrogen and oxygen atoms in total. The first-order valence-corrected chi connectivity index (χ1v) is 5.12. The van der Waals surface area contributed by atoms with Crippen molar-refractivity contribution in [1.29, 1.82) is 0 Å². The van der Waals surface area contributed by atoms with E-state index < -0.39 is 5.38 Å². The molecule has 4 heteroatoms. The number of hydrogen-bond acceptors (Lipinski definition) is 0. The smallest absolute Gasteiger partial charge is 0.188 e. The van der Waals surface area contributed by atoms with E-state index in [0.717, 1.165) is 11.8 Å². The van der Waals surface area contributed by atoms with Crippen molar-refractivity contribution in [2.45, 2.75) is 31.6 Å². The number of hydrogen-bond donors (Lipinski definition) is 0. The normalized spacial score (nSPS) is 15.0. The minimum atomic E-state index is -3.02. The van der Waals surface area contributed by atoms with Gasteiger partial charge in [-0.1, -0.05) is 29.3 Å². The van der Waals surface area contributed by atoms with Crippen molar-refractivity contribution in [1.82, 2.24) is 0 Å². The van der Waals surface area contributed by atoms with Crippen LogP contribution in [0.25, 0.3) is 0 Å². The highest BCUT2D eigenvalue weighted by molar-refractivity contribution is 9.09. The van der Waals surface area contributed by atoms with E-state index >= 15 is 0 Å². The molecular weight excluding hydrogens is 237 g/mol. The molecule has 0 spiro atoms. The van der Waals surface area contributed by atoms with Crippen LogP contribution < -0.4 is 0 Å². The number of alkyl halides is 4. The summed E-state index contributed by atoms with van der Waals surface area (Å²) in [7, 11) is 0. The summed E-state index contributed by atoms with van der Waals surface area (Å²) in [5.74, 6) is 0.319. The molecule has 0 heterocycles. The van der Waals surface area contributed by atoms with Gasteiger partial charge in [-0.25, -0.2) is 0 Å². The second-order valence-electron chi connectivity index (χ2n) is 2.58. The first kappa shape index (κ1) is 11.6. The van der Waals surface area contributed by atoms with Gasteiger partial charge in [0, 0.05) is 11.8 Å². The van der Waals surface area contributed by atoms with Crippen LogP contribution in [0.2, 0.25) is 0 Å². The van der Waals surface area contributed by atoms with Crippen LogP contribution in [0, 0.1) is 5.92 Å². The molecule has 0 saturated heterocycles. The van der Waals surface area contributed by atoms with Gasteiger partial charge in [0.2, 0.25) is 0 Å². The van der Waals surface area contributed by atoms with E-state index in [9.17, 15) is 8.78 Å². The van der Waals surface area contributed by atoms with E-state index in [1.54, 1.807) is 0 Å². The average Bonchev–Trinajstić information content (AvgIpc) is 1.88. The largest absolute Gasteiger partial charge is 0.321 e. The van der Waals surface area contributed by atoms with Crippen molar-refractivity contribution in [3.63, 3.8) is 0 Å². The van der Waals surface area contributed by atoms with Crippen LogP contribution in [0.3, 0.4) is 0 Å². The summed E-state index contributed by atoms with van der Waals surface area (Å²) in [5.41, 5.74) is 0. The Hall–Kier alpha value is 0.630. The molecule has 0 radical (unpaired) electrons. The van der Waals surface area contributed by atoms with E-state index in [2.05, 4.69) is 15.9 Å². The zero-order valence-electron chi connectivity index (χ0n) is 6.42. The molecule has 0 aliphatic rings. The highest BCUT2D eigenvalue weighted by Crippen LogP contribution is 2.28. The predicted molar refractivity (Wildman–Crippen MR) is 47.6 cm³/mol. The van der Waals surface area contributed by atoms with E-state index in [0.29, 0.717) is 12.3 Å². The highest BCUT2D eigenvalue weighted by Gasteiger charge is 2.25. The Morgan fingerprint density at radius 1 is 1.55 bits per heavy atom. The number of rotatable bonds is 5. The standard InChI is InChI=1S/C7H12BrClF2/c1-2-6(5-8)3-4-7(9,10)11/h6H,2-5H2,1H3. The Balaban J connectivity index is 3.51. The lowest BCUT2D eigenvalue weighted by Crippen LogP contribution is -2.10. The minimum Gasteiger partial charge on any atom is -0.188 e. The third-order valence-corrected chi connectivity index (χ3v) is 2.74. The molecule has 0 aliphatic heterocycles. The molecule has 0 saturated carbocycles. The Labute approximate surface area is 79.4 Å². The van der Waals surface area contributed by atoms with Crippen molar-refractivity contribution < 1.29 is 8.78 Å². The van der Waals surface area contributed by atoms with Crippen LogP contribution in [-0.4, -0.2) is 10.7 Å². The third kappa shape index (κ3) is 7.01. The number of halogens is 4. The van der Waals surface area contributed by atoms with Gasteiger partial charge in [0.1, 0.15) is 0 Å². The molecule has 1 atom stereocenters. The molecule has 68 valence electrons. The van der Waals surface area contributed by atoms with Crippen molar-refractivity contribution >= 4 is 27.5 Å². The van der Waals surface area contributed by atoms with Gasteiger partial charge in [-0.05, 0) is 23.9 Å². The van der Waals surface area contributed by atoms with Crippen LogP contribution in [0.1, 0.15) is 26.2 Å². The first-order chi connectivity index (χ1) is 4.99. The summed E-state index contributed by atoms with van der Waals surface area (Å²) in [6, 6.07) is 0. The molecule has 0 rings (SSSR count). The molecule has 0 N–H and O–H groups in total. The Kier molecular flexibility index (Phi) is 5.61. The maximum atomic E-state index is 12.1. The Morgan fingerprint density at radius 2 is 2.09 bits per heavy atom. The van der Waals surface area contributed by atoms with E-state index in [-0.39, 0.29) is 6.42 Å². The van der Waals surface area contributed by atoms with Crippen LogP contribution >= 0.6 is 27.5 Å². The van der Waals surface area contributed by atoms with Crippen molar-refractivity contribution in [3.05, 3.63) is 0 Å². The topological polar surface area (TPSA) is 0 Å². The molecule has 0 aromatic heterocycles. The van der Waals surface area contributed by atoms with E-state index in [1.807, 2.05) is 6.92 Å². The van der Waals surface area contributed by atoms with Gasteiger partial charge >= 0.3 is 5.38 Å². The second-order valence-corrected chi connectivity index (χ2v) is 3.78. The van der Waals surface area contributed by atoms with Crippen LogP contribution in [0.5, 0.6) is 0 Å². The maximum Gasteiger partial charge on any atom is 0.321 e. The average molecular weight is 250 g/mol. The van der Waals surface area contributed by atoms with Gasteiger partial charge in [0.25, 0.3) is 0 Å². The Bertz CT molecular complexity index is 99.1. The van der Waals surface area contributed by atoms with Gasteiger partial charge < -0.3 is 0 Å². The Morgan fingerprint density at radius 3 is 2.36 bits per heavy atom. The lowest BCUT2D eigenvalue weighted by atomic mass is 10.0.